The number of amides is 2. The van der Waals surface area contributed by atoms with E-state index in [1.807, 2.05) is 0 Å². The van der Waals surface area contributed by atoms with E-state index in [2.05, 4.69) is 20.8 Å². The molecule has 10 heteroatoms. The van der Waals surface area contributed by atoms with Gasteiger partial charge in [0.15, 0.2) is 0 Å². The number of methoxy groups -OCH3 is 1. The molecule has 0 unspecified atom stereocenters. The second-order valence-electron chi connectivity index (χ2n) is 5.89. The molecule has 0 saturated carbocycles. The molecule has 3 N–H and O–H groups in total. The third-order valence-electron chi connectivity index (χ3n) is 3.96. The maximum absolute atomic E-state index is 12.6. The zero-order valence-electron chi connectivity index (χ0n) is 14.6. The largest absolute Gasteiger partial charge is 0.497 e. The zero-order chi connectivity index (χ0) is 18.6. The minimum atomic E-state index is -1.10. The van der Waals surface area contributed by atoms with Gasteiger partial charge in [-0.05, 0) is 48.5 Å². The quantitative estimate of drug-likeness (QED) is 0.760. The van der Waals surface area contributed by atoms with Gasteiger partial charge in [-0.1, -0.05) is 5.10 Å². The van der Waals surface area contributed by atoms with Crippen molar-refractivity contribution in [2.24, 2.45) is 0 Å². The summed E-state index contributed by atoms with van der Waals surface area (Å²) in [5.74, 6) is 0.0258. The number of aromatic nitrogens is 4. The zero-order valence-corrected chi connectivity index (χ0v) is 14.6. The summed E-state index contributed by atoms with van der Waals surface area (Å²) in [5.41, 5.74) is 5.05. The standard InChI is InChI=1S/C15H21N7O3/c1-15(2,13(24)17-10-5-7-11(25-4)8-6-10)21(3)12(23)9-22-14(16)18-19-20-22/h5-8H,9H2,1-4H3,(H,17,24)(H2,16,18,20). The highest BCUT2D eigenvalue weighted by Gasteiger charge is 2.35. The molecule has 0 spiro atoms. The third-order valence-corrected chi connectivity index (χ3v) is 3.96. The third kappa shape index (κ3) is 4.03. The summed E-state index contributed by atoms with van der Waals surface area (Å²) in [6, 6.07) is 6.91. The number of anilines is 2. The number of nitrogens with zero attached hydrogens (tertiary/aromatic N) is 5. The molecule has 0 bridgehead atoms. The van der Waals surface area contributed by atoms with E-state index < -0.39 is 5.54 Å². The van der Waals surface area contributed by atoms with Crippen LogP contribution in [0.4, 0.5) is 11.6 Å². The van der Waals surface area contributed by atoms with E-state index in [1.165, 1.54) is 11.9 Å². The summed E-state index contributed by atoms with van der Waals surface area (Å²) in [6.07, 6.45) is 0. The molecule has 0 saturated heterocycles. The number of benzene rings is 1. The molecule has 1 aromatic carbocycles. The van der Waals surface area contributed by atoms with Crippen LogP contribution in [0, 0.1) is 0 Å². The Morgan fingerprint density at radius 2 is 1.96 bits per heavy atom. The lowest BCUT2D eigenvalue weighted by atomic mass is 10.0. The first-order valence-corrected chi connectivity index (χ1v) is 7.49. The number of hydrogen-bond donors (Lipinski definition) is 2. The number of likely N-dealkylation sites (N-methyl/N-ethyl adjacent to an activating group) is 1. The summed E-state index contributed by atoms with van der Waals surface area (Å²) in [7, 11) is 3.10. The molecule has 2 rings (SSSR count). The number of carbonyl (C=O) groups excluding carboxylic acids is 2. The Labute approximate surface area is 144 Å². The molecule has 0 atom stereocenters. The predicted octanol–water partition coefficient (Wildman–Crippen LogP) is 0.140. The minimum Gasteiger partial charge on any atom is -0.497 e. The highest BCUT2D eigenvalue weighted by molar-refractivity contribution is 5.99. The number of hydrogen-bond acceptors (Lipinski definition) is 7. The second kappa shape index (κ2) is 7.16. The predicted molar refractivity (Wildman–Crippen MR) is 90.7 cm³/mol. The Morgan fingerprint density at radius 1 is 1.32 bits per heavy atom. The van der Waals surface area contributed by atoms with Gasteiger partial charge >= 0.3 is 0 Å². The fraction of sp³-hybridized carbons (Fsp3) is 0.400. The first-order valence-electron chi connectivity index (χ1n) is 7.49. The van der Waals surface area contributed by atoms with Crippen molar-refractivity contribution >= 4 is 23.5 Å². The number of ether oxygens (including phenoxy) is 1. The van der Waals surface area contributed by atoms with Crippen molar-refractivity contribution in [3.63, 3.8) is 0 Å². The van der Waals surface area contributed by atoms with E-state index in [1.54, 1.807) is 45.2 Å². The normalized spacial score (nSPS) is 11.0. The Bertz CT molecular complexity index is 755. The van der Waals surface area contributed by atoms with Crippen LogP contribution < -0.4 is 15.8 Å². The van der Waals surface area contributed by atoms with E-state index in [0.717, 1.165) is 4.68 Å². The number of carbonyl (C=O) groups is 2. The van der Waals surface area contributed by atoms with Crippen LogP contribution in [0.1, 0.15) is 13.8 Å². The van der Waals surface area contributed by atoms with Gasteiger partial charge in [-0.15, -0.1) is 0 Å². The number of rotatable bonds is 6. The van der Waals surface area contributed by atoms with E-state index in [4.69, 9.17) is 10.5 Å². The Hall–Kier alpha value is -3.17. The van der Waals surface area contributed by atoms with E-state index in [9.17, 15) is 9.59 Å². The van der Waals surface area contributed by atoms with Gasteiger partial charge in [-0.25, -0.2) is 4.68 Å². The first kappa shape index (κ1) is 18.2. The maximum atomic E-state index is 12.6. The summed E-state index contributed by atoms with van der Waals surface area (Å²) < 4.78 is 6.24. The Balaban J connectivity index is 2.05. The molecule has 25 heavy (non-hydrogen) atoms. The van der Waals surface area contributed by atoms with Crippen molar-refractivity contribution in [1.82, 2.24) is 25.1 Å². The highest BCUT2D eigenvalue weighted by atomic mass is 16.5. The van der Waals surface area contributed by atoms with Gasteiger partial charge in [0.25, 0.3) is 0 Å². The lowest BCUT2D eigenvalue weighted by molar-refractivity contribution is -0.142. The van der Waals surface area contributed by atoms with E-state index in [0.29, 0.717) is 11.4 Å². The van der Waals surface area contributed by atoms with Crippen LogP contribution >= 0.6 is 0 Å². The molecule has 0 fully saturated rings. The van der Waals surface area contributed by atoms with Crippen molar-refractivity contribution in [2.75, 3.05) is 25.2 Å². The monoisotopic (exact) mass is 347 g/mol. The fourth-order valence-electron chi connectivity index (χ4n) is 1.98. The van der Waals surface area contributed by atoms with Crippen LogP contribution in [0.5, 0.6) is 5.75 Å². The average Bonchev–Trinajstić information content (AvgIpc) is 2.99. The van der Waals surface area contributed by atoms with Gasteiger partial charge in [-0.3, -0.25) is 9.59 Å². The van der Waals surface area contributed by atoms with Gasteiger partial charge in [0.2, 0.25) is 17.8 Å². The van der Waals surface area contributed by atoms with Crippen molar-refractivity contribution < 1.29 is 14.3 Å². The fourth-order valence-corrected chi connectivity index (χ4v) is 1.98. The molecular weight excluding hydrogens is 326 g/mol. The highest BCUT2D eigenvalue weighted by Crippen LogP contribution is 2.19. The van der Waals surface area contributed by atoms with E-state index in [-0.39, 0.29) is 24.3 Å². The van der Waals surface area contributed by atoms with Crippen LogP contribution in [-0.4, -0.2) is 56.6 Å². The van der Waals surface area contributed by atoms with Crippen molar-refractivity contribution in [3.05, 3.63) is 24.3 Å². The molecule has 2 amide bonds. The van der Waals surface area contributed by atoms with Crippen LogP contribution in [0.3, 0.4) is 0 Å². The van der Waals surface area contributed by atoms with Crippen molar-refractivity contribution in [2.45, 2.75) is 25.9 Å². The van der Waals surface area contributed by atoms with E-state index >= 15 is 0 Å². The molecule has 0 aliphatic carbocycles. The summed E-state index contributed by atoms with van der Waals surface area (Å²) in [5, 5.41) is 13.3. The molecule has 0 aliphatic rings. The number of nitrogens with two attached hydrogens (primary N) is 1. The summed E-state index contributed by atoms with van der Waals surface area (Å²) in [4.78, 5) is 26.3. The molecule has 0 radical (unpaired) electrons. The number of tetrazole rings is 1. The van der Waals surface area contributed by atoms with Crippen molar-refractivity contribution in [3.8, 4) is 5.75 Å². The van der Waals surface area contributed by atoms with Gasteiger partial charge < -0.3 is 20.7 Å². The molecule has 134 valence electrons. The number of nitrogens with one attached hydrogen (secondary N) is 1. The molecule has 1 aromatic heterocycles. The smallest absolute Gasteiger partial charge is 0.249 e. The van der Waals surface area contributed by atoms with Gasteiger partial charge in [0.1, 0.15) is 17.8 Å². The topological polar surface area (TPSA) is 128 Å². The van der Waals surface area contributed by atoms with Gasteiger partial charge in [-0.2, -0.15) is 0 Å². The maximum Gasteiger partial charge on any atom is 0.249 e. The van der Waals surface area contributed by atoms with Gasteiger partial charge in [0, 0.05) is 12.7 Å². The lowest BCUT2D eigenvalue weighted by Gasteiger charge is -2.34. The first-order chi connectivity index (χ1) is 11.8. The molecular formula is C15H21N7O3. The Morgan fingerprint density at radius 3 is 2.48 bits per heavy atom. The lowest BCUT2D eigenvalue weighted by Crippen LogP contribution is -2.54. The van der Waals surface area contributed by atoms with Crippen LogP contribution in [0.2, 0.25) is 0 Å². The molecule has 10 nitrogen and oxygen atoms in total. The molecule has 1 heterocycles. The number of nitrogen functional groups attached to an aromatic ring is 1. The van der Waals surface area contributed by atoms with Gasteiger partial charge in [0.05, 0.1) is 7.11 Å². The molecule has 0 aliphatic heterocycles. The van der Waals surface area contributed by atoms with Crippen molar-refractivity contribution in [1.29, 1.82) is 0 Å². The molecule has 2 aromatic rings. The minimum absolute atomic E-state index is 0.0299. The summed E-state index contributed by atoms with van der Waals surface area (Å²) in [6.45, 7) is 3.13. The Kier molecular flexibility index (Phi) is 5.20. The summed E-state index contributed by atoms with van der Waals surface area (Å²) >= 11 is 0. The van der Waals surface area contributed by atoms with Crippen LogP contribution in [-0.2, 0) is 16.1 Å². The SMILES string of the molecule is COc1ccc(NC(=O)C(C)(C)N(C)C(=O)Cn2nnnc2N)cc1. The van der Waals surface area contributed by atoms with Crippen LogP contribution in [0.25, 0.3) is 0 Å². The second-order valence-corrected chi connectivity index (χ2v) is 5.89. The average molecular weight is 347 g/mol. The van der Waals surface area contributed by atoms with Crippen LogP contribution in [0.15, 0.2) is 24.3 Å².